The monoisotopic (exact) mass is 243 g/mol. The van der Waals surface area contributed by atoms with Crippen LogP contribution in [-0.4, -0.2) is 26.2 Å². The van der Waals surface area contributed by atoms with Crippen LogP contribution in [0.2, 0.25) is 0 Å². The van der Waals surface area contributed by atoms with E-state index in [2.05, 4.69) is 42.3 Å². The minimum atomic E-state index is -0.180. The standard InChI is InChI=1S/C15H17NO2/c1-16-13-6-4-3-5-11(13)12-9-10(15(17)18-2)7-8-14(12)16/h3-6,9,12,14H,7-8H2,1-2H3. The number of ether oxygens (including phenoxy) is 1. The van der Waals surface area contributed by atoms with E-state index in [1.54, 1.807) is 0 Å². The van der Waals surface area contributed by atoms with Crippen LogP contribution < -0.4 is 4.90 Å². The largest absolute Gasteiger partial charge is 0.466 e. The topological polar surface area (TPSA) is 29.5 Å². The summed E-state index contributed by atoms with van der Waals surface area (Å²) in [5, 5.41) is 0. The van der Waals surface area contributed by atoms with Gasteiger partial charge in [-0.15, -0.1) is 0 Å². The molecule has 1 aliphatic carbocycles. The maximum atomic E-state index is 11.6. The number of benzene rings is 1. The van der Waals surface area contributed by atoms with Crippen LogP contribution in [0.25, 0.3) is 0 Å². The third-order valence-electron chi connectivity index (χ3n) is 4.13. The predicted octanol–water partition coefficient (Wildman–Crippen LogP) is 2.48. The van der Waals surface area contributed by atoms with Crippen LogP contribution in [0.15, 0.2) is 35.9 Å². The van der Waals surface area contributed by atoms with Gasteiger partial charge in [-0.05, 0) is 24.5 Å². The molecular weight excluding hydrogens is 226 g/mol. The van der Waals surface area contributed by atoms with Crippen molar-refractivity contribution in [1.82, 2.24) is 0 Å². The number of likely N-dealkylation sites (N-methyl/N-ethyl adjacent to an activating group) is 1. The van der Waals surface area contributed by atoms with Crippen molar-refractivity contribution < 1.29 is 9.53 Å². The summed E-state index contributed by atoms with van der Waals surface area (Å²) in [5.74, 6) is 0.148. The molecule has 94 valence electrons. The number of para-hydroxylation sites is 1. The van der Waals surface area contributed by atoms with Gasteiger partial charge in [0.25, 0.3) is 0 Å². The SMILES string of the molecule is COC(=O)C1=CC2c3ccccc3N(C)C2CC1. The van der Waals surface area contributed by atoms with E-state index >= 15 is 0 Å². The Bertz CT molecular complexity index is 521. The molecule has 0 N–H and O–H groups in total. The minimum absolute atomic E-state index is 0.180. The van der Waals surface area contributed by atoms with Crippen LogP contribution in [0.5, 0.6) is 0 Å². The highest BCUT2D eigenvalue weighted by atomic mass is 16.5. The van der Waals surface area contributed by atoms with Crippen molar-refractivity contribution in [2.45, 2.75) is 24.8 Å². The number of nitrogens with zero attached hydrogens (tertiary/aromatic N) is 1. The summed E-state index contributed by atoms with van der Waals surface area (Å²) in [6.07, 6.45) is 3.92. The van der Waals surface area contributed by atoms with Gasteiger partial charge in [0.15, 0.2) is 0 Å². The molecule has 0 aromatic heterocycles. The lowest BCUT2D eigenvalue weighted by molar-refractivity contribution is -0.136. The molecule has 0 radical (unpaired) electrons. The van der Waals surface area contributed by atoms with E-state index < -0.39 is 0 Å². The zero-order chi connectivity index (χ0) is 12.7. The molecule has 0 bridgehead atoms. The van der Waals surface area contributed by atoms with E-state index in [-0.39, 0.29) is 5.97 Å². The number of carbonyl (C=O) groups is 1. The Hall–Kier alpha value is -1.77. The highest BCUT2D eigenvalue weighted by Gasteiger charge is 2.38. The average molecular weight is 243 g/mol. The molecule has 1 aliphatic heterocycles. The van der Waals surface area contributed by atoms with Gasteiger partial charge in [0.1, 0.15) is 0 Å². The summed E-state index contributed by atoms with van der Waals surface area (Å²) in [5.41, 5.74) is 3.44. The van der Waals surface area contributed by atoms with E-state index in [1.807, 2.05) is 0 Å². The van der Waals surface area contributed by atoms with E-state index in [1.165, 1.54) is 18.4 Å². The molecule has 2 atom stereocenters. The molecule has 0 spiro atoms. The third kappa shape index (κ3) is 1.54. The van der Waals surface area contributed by atoms with Gasteiger partial charge in [-0.3, -0.25) is 0 Å². The van der Waals surface area contributed by atoms with Crippen molar-refractivity contribution in [3.63, 3.8) is 0 Å². The molecule has 1 aromatic carbocycles. The number of esters is 1. The Kier molecular flexibility index (Phi) is 2.62. The summed E-state index contributed by atoms with van der Waals surface area (Å²) in [6.45, 7) is 0. The summed E-state index contributed by atoms with van der Waals surface area (Å²) < 4.78 is 4.83. The zero-order valence-electron chi connectivity index (χ0n) is 10.7. The maximum Gasteiger partial charge on any atom is 0.333 e. The van der Waals surface area contributed by atoms with Gasteiger partial charge in [0.2, 0.25) is 0 Å². The van der Waals surface area contributed by atoms with Gasteiger partial charge in [0.05, 0.1) is 7.11 Å². The number of hydrogen-bond acceptors (Lipinski definition) is 3. The maximum absolute atomic E-state index is 11.6. The smallest absolute Gasteiger partial charge is 0.333 e. The molecule has 1 heterocycles. The summed E-state index contributed by atoms with van der Waals surface area (Å²) in [4.78, 5) is 14.0. The fourth-order valence-corrected chi connectivity index (χ4v) is 3.20. The van der Waals surface area contributed by atoms with E-state index in [4.69, 9.17) is 4.74 Å². The highest BCUT2D eigenvalue weighted by molar-refractivity contribution is 5.89. The number of carbonyl (C=O) groups excluding carboxylic acids is 1. The molecule has 2 aliphatic rings. The Morgan fingerprint density at radius 2 is 2.17 bits per heavy atom. The van der Waals surface area contributed by atoms with Gasteiger partial charge in [-0.1, -0.05) is 24.3 Å². The molecule has 0 saturated carbocycles. The molecular formula is C15H17NO2. The summed E-state index contributed by atoms with van der Waals surface area (Å²) in [6, 6.07) is 8.93. The number of anilines is 1. The highest BCUT2D eigenvalue weighted by Crippen LogP contribution is 2.45. The first-order valence-corrected chi connectivity index (χ1v) is 6.33. The van der Waals surface area contributed by atoms with Gasteiger partial charge in [0, 0.05) is 30.3 Å². The molecule has 0 fully saturated rings. The van der Waals surface area contributed by atoms with E-state index in [9.17, 15) is 4.79 Å². The van der Waals surface area contributed by atoms with Gasteiger partial charge < -0.3 is 9.64 Å². The lowest BCUT2D eigenvalue weighted by atomic mass is 9.84. The van der Waals surface area contributed by atoms with Crippen LogP contribution in [-0.2, 0) is 9.53 Å². The first-order chi connectivity index (χ1) is 8.72. The molecule has 0 saturated heterocycles. The minimum Gasteiger partial charge on any atom is -0.466 e. The first kappa shape index (κ1) is 11.3. The number of fused-ring (bicyclic) bond motifs is 3. The molecule has 0 amide bonds. The van der Waals surface area contributed by atoms with Crippen molar-refractivity contribution in [3.05, 3.63) is 41.5 Å². The number of rotatable bonds is 1. The fourth-order valence-electron chi connectivity index (χ4n) is 3.20. The van der Waals surface area contributed by atoms with Crippen molar-refractivity contribution in [2.75, 3.05) is 19.1 Å². The molecule has 3 rings (SSSR count). The lowest BCUT2D eigenvalue weighted by Gasteiger charge is -2.29. The van der Waals surface area contributed by atoms with Crippen LogP contribution in [0.3, 0.4) is 0 Å². The third-order valence-corrected chi connectivity index (χ3v) is 4.13. The Morgan fingerprint density at radius 3 is 2.94 bits per heavy atom. The first-order valence-electron chi connectivity index (χ1n) is 6.33. The van der Waals surface area contributed by atoms with Crippen molar-refractivity contribution in [3.8, 4) is 0 Å². The van der Waals surface area contributed by atoms with Crippen LogP contribution >= 0.6 is 0 Å². The molecule has 2 unspecified atom stereocenters. The number of methoxy groups -OCH3 is 1. The fraction of sp³-hybridized carbons (Fsp3) is 0.400. The average Bonchev–Trinajstić information content (AvgIpc) is 2.72. The Morgan fingerprint density at radius 1 is 1.39 bits per heavy atom. The van der Waals surface area contributed by atoms with Crippen molar-refractivity contribution in [2.24, 2.45) is 0 Å². The van der Waals surface area contributed by atoms with Crippen molar-refractivity contribution in [1.29, 1.82) is 0 Å². The predicted molar refractivity (Wildman–Crippen MR) is 70.7 cm³/mol. The van der Waals surface area contributed by atoms with E-state index in [0.29, 0.717) is 12.0 Å². The van der Waals surface area contributed by atoms with Gasteiger partial charge in [-0.25, -0.2) is 4.79 Å². The quantitative estimate of drug-likeness (QED) is 0.710. The molecule has 18 heavy (non-hydrogen) atoms. The second-order valence-corrected chi connectivity index (χ2v) is 4.99. The molecule has 3 heteroatoms. The number of hydrogen-bond donors (Lipinski definition) is 0. The van der Waals surface area contributed by atoms with E-state index in [0.717, 1.165) is 18.4 Å². The van der Waals surface area contributed by atoms with Crippen LogP contribution in [0.4, 0.5) is 5.69 Å². The molecule has 1 aromatic rings. The second-order valence-electron chi connectivity index (χ2n) is 4.99. The normalized spacial score (nSPS) is 25.2. The Balaban J connectivity index is 2.02. The van der Waals surface area contributed by atoms with Crippen LogP contribution in [0.1, 0.15) is 24.3 Å². The van der Waals surface area contributed by atoms with Crippen molar-refractivity contribution >= 4 is 11.7 Å². The summed E-state index contributed by atoms with van der Waals surface area (Å²) >= 11 is 0. The molecule has 3 nitrogen and oxygen atoms in total. The van der Waals surface area contributed by atoms with Gasteiger partial charge >= 0.3 is 5.97 Å². The second kappa shape index (κ2) is 4.16. The Labute approximate surface area is 107 Å². The summed E-state index contributed by atoms with van der Waals surface area (Å²) in [7, 11) is 3.59. The van der Waals surface area contributed by atoms with Crippen LogP contribution in [0, 0.1) is 0 Å². The lowest BCUT2D eigenvalue weighted by Crippen LogP contribution is -2.32. The van der Waals surface area contributed by atoms with Gasteiger partial charge in [-0.2, -0.15) is 0 Å². The zero-order valence-corrected chi connectivity index (χ0v) is 10.7.